The molecular formula is C29H33N7O3S2. The van der Waals surface area contributed by atoms with Crippen LogP contribution in [0.1, 0.15) is 57.5 Å². The second kappa shape index (κ2) is 13.3. The van der Waals surface area contributed by atoms with E-state index >= 15 is 0 Å². The van der Waals surface area contributed by atoms with Gasteiger partial charge in [-0.15, -0.1) is 0 Å². The molecule has 0 radical (unpaired) electrons. The van der Waals surface area contributed by atoms with Gasteiger partial charge in [-0.1, -0.05) is 24.8 Å². The zero-order valence-electron chi connectivity index (χ0n) is 23.5. The van der Waals surface area contributed by atoms with Gasteiger partial charge in [0.1, 0.15) is 16.6 Å². The van der Waals surface area contributed by atoms with Gasteiger partial charge in [-0.05, 0) is 64.3 Å². The maximum absolute atomic E-state index is 12.5. The molecule has 41 heavy (non-hydrogen) atoms. The molecule has 1 aliphatic rings. The van der Waals surface area contributed by atoms with Crippen LogP contribution in [0.5, 0.6) is 11.5 Å². The zero-order valence-corrected chi connectivity index (χ0v) is 25.1. The SMILES string of the molecule is CCOC(=O)N1C(C)CCC1CC(C)c1nsc(Nc2ncc(Sc3ccccn3)cc2Oc2cccnc2C)n1. The van der Waals surface area contributed by atoms with Crippen molar-refractivity contribution in [3.63, 3.8) is 0 Å². The number of likely N-dealkylation sites (tertiary alicyclic amines) is 1. The number of pyridine rings is 3. The average molecular weight is 592 g/mol. The lowest BCUT2D eigenvalue weighted by Gasteiger charge is -2.28. The molecule has 1 aliphatic heterocycles. The predicted molar refractivity (Wildman–Crippen MR) is 159 cm³/mol. The maximum Gasteiger partial charge on any atom is 0.410 e. The molecule has 4 aromatic rings. The molecule has 1 amide bonds. The van der Waals surface area contributed by atoms with E-state index in [9.17, 15) is 4.79 Å². The molecule has 0 bridgehead atoms. The van der Waals surface area contributed by atoms with E-state index < -0.39 is 0 Å². The summed E-state index contributed by atoms with van der Waals surface area (Å²) in [5.74, 6) is 2.49. The van der Waals surface area contributed by atoms with Crippen molar-refractivity contribution in [3.05, 3.63) is 66.5 Å². The highest BCUT2D eigenvalue weighted by atomic mass is 32.2. The van der Waals surface area contributed by atoms with Gasteiger partial charge < -0.3 is 19.7 Å². The van der Waals surface area contributed by atoms with Crippen LogP contribution in [0.4, 0.5) is 15.7 Å². The lowest BCUT2D eigenvalue weighted by atomic mass is 9.99. The Morgan fingerprint density at radius 1 is 1.17 bits per heavy atom. The number of hydrogen-bond donors (Lipinski definition) is 1. The Kier molecular flexibility index (Phi) is 9.30. The molecule has 12 heteroatoms. The molecule has 0 saturated carbocycles. The number of aromatic nitrogens is 5. The maximum atomic E-state index is 12.5. The molecule has 10 nitrogen and oxygen atoms in total. The number of aryl methyl sites for hydroxylation is 1. The summed E-state index contributed by atoms with van der Waals surface area (Å²) in [7, 11) is 0. The zero-order chi connectivity index (χ0) is 28.8. The Hall–Kier alpha value is -3.77. The van der Waals surface area contributed by atoms with Crippen molar-refractivity contribution < 1.29 is 14.3 Å². The van der Waals surface area contributed by atoms with Crippen LogP contribution in [0.2, 0.25) is 0 Å². The van der Waals surface area contributed by atoms with Crippen molar-refractivity contribution in [2.24, 2.45) is 0 Å². The van der Waals surface area contributed by atoms with E-state index in [-0.39, 0.29) is 24.1 Å². The molecule has 5 heterocycles. The number of hydrogen-bond acceptors (Lipinski definition) is 11. The molecule has 0 aliphatic carbocycles. The largest absolute Gasteiger partial charge is 0.452 e. The molecule has 3 atom stereocenters. The van der Waals surface area contributed by atoms with Crippen molar-refractivity contribution in [1.82, 2.24) is 29.2 Å². The van der Waals surface area contributed by atoms with E-state index in [0.717, 1.165) is 40.7 Å². The quantitative estimate of drug-likeness (QED) is 0.203. The fourth-order valence-corrected chi connectivity index (χ4v) is 6.26. The summed E-state index contributed by atoms with van der Waals surface area (Å²) in [6.45, 7) is 8.27. The minimum absolute atomic E-state index is 0.0629. The number of anilines is 2. The lowest BCUT2D eigenvalue weighted by Crippen LogP contribution is -2.40. The molecule has 4 aromatic heterocycles. The van der Waals surface area contributed by atoms with Gasteiger partial charge in [0.2, 0.25) is 5.13 Å². The highest BCUT2D eigenvalue weighted by molar-refractivity contribution is 7.99. The standard InChI is InChI=1S/C29H33N7O3S2/c1-5-38-29(37)36-19(3)11-12-21(36)15-18(2)26-33-28(41-35-26)34-27-24(39-23-9-8-14-30-20(23)4)16-22(17-32-27)40-25-10-6-7-13-31-25/h6-10,13-14,16-19,21H,5,11-12,15H2,1-4H3,(H,32,33,34,35). The van der Waals surface area contributed by atoms with Crippen molar-refractivity contribution in [1.29, 1.82) is 0 Å². The summed E-state index contributed by atoms with van der Waals surface area (Å²) in [6, 6.07) is 11.7. The van der Waals surface area contributed by atoms with E-state index in [2.05, 4.69) is 38.5 Å². The van der Waals surface area contributed by atoms with Crippen molar-refractivity contribution in [3.8, 4) is 11.5 Å². The van der Waals surface area contributed by atoms with E-state index in [4.69, 9.17) is 14.5 Å². The monoisotopic (exact) mass is 591 g/mol. The Balaban J connectivity index is 1.33. The molecule has 3 unspecified atom stereocenters. The first-order valence-electron chi connectivity index (χ1n) is 13.6. The number of nitrogens with one attached hydrogen (secondary N) is 1. The second-order valence-electron chi connectivity index (χ2n) is 9.88. The smallest absolute Gasteiger partial charge is 0.410 e. The number of ether oxygens (including phenoxy) is 2. The Morgan fingerprint density at radius 3 is 2.80 bits per heavy atom. The van der Waals surface area contributed by atoms with Crippen molar-refractivity contribution >= 4 is 40.3 Å². The Morgan fingerprint density at radius 2 is 2.02 bits per heavy atom. The third-order valence-electron chi connectivity index (χ3n) is 6.86. The second-order valence-corrected chi connectivity index (χ2v) is 11.7. The van der Waals surface area contributed by atoms with Crippen LogP contribution < -0.4 is 10.1 Å². The first-order valence-corrected chi connectivity index (χ1v) is 15.2. The van der Waals surface area contributed by atoms with Crippen LogP contribution >= 0.6 is 23.3 Å². The molecule has 0 spiro atoms. The van der Waals surface area contributed by atoms with Crippen LogP contribution in [-0.2, 0) is 4.74 Å². The van der Waals surface area contributed by atoms with E-state index in [1.54, 1.807) is 18.6 Å². The molecule has 5 rings (SSSR count). The van der Waals surface area contributed by atoms with Crippen LogP contribution in [-0.4, -0.2) is 54.0 Å². The highest BCUT2D eigenvalue weighted by Crippen LogP contribution is 2.37. The first-order chi connectivity index (χ1) is 19.9. The summed E-state index contributed by atoms with van der Waals surface area (Å²) in [6.07, 6.45) is 7.71. The number of carbonyl (C=O) groups is 1. The van der Waals surface area contributed by atoms with Gasteiger partial charge in [0.15, 0.2) is 11.6 Å². The summed E-state index contributed by atoms with van der Waals surface area (Å²) >= 11 is 2.77. The van der Waals surface area contributed by atoms with E-state index in [1.165, 1.54) is 23.3 Å². The lowest BCUT2D eigenvalue weighted by molar-refractivity contribution is 0.0879. The molecule has 1 N–H and O–H groups in total. The van der Waals surface area contributed by atoms with Crippen LogP contribution in [0.3, 0.4) is 0 Å². The third kappa shape index (κ3) is 7.12. The first kappa shape index (κ1) is 28.7. The fourth-order valence-electron chi connectivity index (χ4n) is 4.81. The van der Waals surface area contributed by atoms with Crippen LogP contribution in [0.15, 0.2) is 64.9 Å². The highest BCUT2D eigenvalue weighted by Gasteiger charge is 2.36. The summed E-state index contributed by atoms with van der Waals surface area (Å²) < 4.78 is 16.2. The van der Waals surface area contributed by atoms with Crippen LogP contribution in [0, 0.1) is 6.92 Å². The topological polar surface area (TPSA) is 115 Å². The van der Waals surface area contributed by atoms with Crippen molar-refractivity contribution in [2.75, 3.05) is 11.9 Å². The van der Waals surface area contributed by atoms with Gasteiger partial charge in [0, 0.05) is 59.1 Å². The van der Waals surface area contributed by atoms with E-state index in [0.29, 0.717) is 29.1 Å². The minimum Gasteiger partial charge on any atom is -0.452 e. The molecule has 1 fully saturated rings. The molecular weight excluding hydrogens is 558 g/mol. The Labute approximate surface area is 248 Å². The van der Waals surface area contributed by atoms with Gasteiger partial charge in [-0.25, -0.2) is 19.7 Å². The number of rotatable bonds is 10. The van der Waals surface area contributed by atoms with Gasteiger partial charge in [0.25, 0.3) is 0 Å². The minimum atomic E-state index is -0.240. The average Bonchev–Trinajstić information content (AvgIpc) is 3.58. The fraction of sp³-hybridized carbons (Fsp3) is 0.379. The van der Waals surface area contributed by atoms with Gasteiger partial charge in [-0.3, -0.25) is 4.98 Å². The van der Waals surface area contributed by atoms with Gasteiger partial charge in [0.05, 0.1) is 12.3 Å². The molecule has 0 aromatic carbocycles. The summed E-state index contributed by atoms with van der Waals surface area (Å²) in [4.78, 5) is 33.5. The number of nitrogens with zero attached hydrogens (tertiary/aromatic N) is 6. The number of amides is 1. The predicted octanol–water partition coefficient (Wildman–Crippen LogP) is 7.22. The van der Waals surface area contributed by atoms with Gasteiger partial charge in [-0.2, -0.15) is 4.37 Å². The van der Waals surface area contributed by atoms with Crippen LogP contribution in [0.25, 0.3) is 0 Å². The van der Waals surface area contributed by atoms with Gasteiger partial charge >= 0.3 is 6.09 Å². The van der Waals surface area contributed by atoms with Crippen molar-refractivity contribution in [2.45, 2.75) is 74.9 Å². The Bertz CT molecular complexity index is 1470. The normalized spacial score (nSPS) is 17.3. The summed E-state index contributed by atoms with van der Waals surface area (Å²) in [5.41, 5.74) is 0.770. The number of carbonyl (C=O) groups excluding carboxylic acids is 1. The molecule has 214 valence electrons. The van der Waals surface area contributed by atoms with E-state index in [1.807, 2.05) is 55.1 Å². The third-order valence-corrected chi connectivity index (χ3v) is 8.42. The summed E-state index contributed by atoms with van der Waals surface area (Å²) in [5, 5.41) is 4.77. The molecule has 1 saturated heterocycles.